The van der Waals surface area contributed by atoms with Gasteiger partial charge < -0.3 is 15.8 Å². The minimum Gasteiger partial charge on any atom is -0.482 e. The predicted octanol–water partition coefficient (Wildman–Crippen LogP) is 1.35. The average Bonchev–Trinajstić information content (AvgIpc) is 2.93. The summed E-state index contributed by atoms with van der Waals surface area (Å²) in [6.45, 7) is 0. The van der Waals surface area contributed by atoms with Gasteiger partial charge in [0.15, 0.2) is 5.75 Å². The Hall–Kier alpha value is -2.15. The van der Waals surface area contributed by atoms with Gasteiger partial charge in [-0.15, -0.1) is 0 Å². The van der Waals surface area contributed by atoms with Crippen LogP contribution in [-0.4, -0.2) is 23.0 Å². The largest absolute Gasteiger partial charge is 0.482 e. The molecule has 1 aromatic carbocycles. The van der Waals surface area contributed by atoms with Crippen LogP contribution >= 0.6 is 0 Å². The van der Waals surface area contributed by atoms with Gasteiger partial charge in [-0.05, 0) is 24.8 Å². The van der Waals surface area contributed by atoms with E-state index >= 15 is 0 Å². The molecule has 3 rings (SSSR count). The summed E-state index contributed by atoms with van der Waals surface area (Å²) >= 11 is 0. The summed E-state index contributed by atoms with van der Waals surface area (Å²) in [5, 5.41) is 13.8. The number of rotatable bonds is 3. The van der Waals surface area contributed by atoms with E-state index in [9.17, 15) is 14.9 Å². The predicted molar refractivity (Wildman–Crippen MR) is 71.7 cm³/mol. The van der Waals surface area contributed by atoms with Crippen molar-refractivity contribution in [3.63, 3.8) is 0 Å². The Labute approximate surface area is 115 Å². The third-order valence-corrected chi connectivity index (χ3v) is 3.79. The maximum absolute atomic E-state index is 11.3. The molecule has 1 aliphatic carbocycles. The molecule has 0 bridgehead atoms. The minimum absolute atomic E-state index is 0.0996. The van der Waals surface area contributed by atoms with E-state index < -0.39 is 4.92 Å². The molecule has 1 amide bonds. The average molecular weight is 277 g/mol. The molecular weight excluding hydrogens is 262 g/mol. The van der Waals surface area contributed by atoms with Crippen molar-refractivity contribution in [3.8, 4) is 5.75 Å². The zero-order chi connectivity index (χ0) is 14.3. The number of nitrogens with one attached hydrogen (secondary N) is 1. The highest BCUT2D eigenvalue weighted by molar-refractivity contribution is 5.99. The van der Waals surface area contributed by atoms with Gasteiger partial charge in [-0.2, -0.15) is 0 Å². The summed E-state index contributed by atoms with van der Waals surface area (Å²) in [5.41, 5.74) is 7.03. The number of nitro groups is 1. The van der Waals surface area contributed by atoms with E-state index in [0.29, 0.717) is 11.3 Å². The normalized spacial score (nSPS) is 24.4. The summed E-state index contributed by atoms with van der Waals surface area (Å²) in [5.74, 6) is 0.0160. The van der Waals surface area contributed by atoms with Crippen molar-refractivity contribution in [1.82, 2.24) is 0 Å². The lowest BCUT2D eigenvalue weighted by Crippen LogP contribution is -2.33. The van der Waals surface area contributed by atoms with Crippen molar-refractivity contribution in [1.29, 1.82) is 0 Å². The number of anilines is 1. The fourth-order valence-electron chi connectivity index (χ4n) is 2.74. The molecule has 1 aliphatic heterocycles. The van der Waals surface area contributed by atoms with Crippen LogP contribution < -0.4 is 15.8 Å². The van der Waals surface area contributed by atoms with Crippen LogP contribution in [0.1, 0.15) is 24.8 Å². The quantitative estimate of drug-likeness (QED) is 0.640. The van der Waals surface area contributed by atoms with Crippen LogP contribution in [0.25, 0.3) is 0 Å². The highest BCUT2D eigenvalue weighted by atomic mass is 16.6. The molecule has 0 aromatic heterocycles. The molecule has 2 unspecified atom stereocenters. The molecule has 1 saturated carbocycles. The Balaban J connectivity index is 1.94. The Morgan fingerprint density at radius 1 is 1.40 bits per heavy atom. The molecule has 1 aromatic rings. The molecule has 0 saturated heterocycles. The van der Waals surface area contributed by atoms with Gasteiger partial charge in [0.2, 0.25) is 5.91 Å². The van der Waals surface area contributed by atoms with Crippen LogP contribution in [0.5, 0.6) is 5.75 Å². The Morgan fingerprint density at radius 2 is 2.20 bits per heavy atom. The molecular formula is C13H15N3O4. The molecule has 20 heavy (non-hydrogen) atoms. The SMILES string of the molecule is NC1CCCC1Oc1cc2c(cc1[N+](=O)[O-])CC(=O)N2. The number of fused-ring (bicyclic) bond motifs is 1. The first-order chi connectivity index (χ1) is 9.54. The van der Waals surface area contributed by atoms with Crippen molar-refractivity contribution in [2.75, 3.05) is 5.32 Å². The summed E-state index contributed by atoms with van der Waals surface area (Å²) in [4.78, 5) is 22.0. The molecule has 0 spiro atoms. The third kappa shape index (κ3) is 2.20. The molecule has 1 heterocycles. The van der Waals surface area contributed by atoms with Crippen molar-refractivity contribution in [2.45, 2.75) is 37.8 Å². The minimum atomic E-state index is -0.487. The monoisotopic (exact) mass is 277 g/mol. The first kappa shape index (κ1) is 12.9. The molecule has 3 N–H and O–H groups in total. The van der Waals surface area contributed by atoms with Gasteiger partial charge in [-0.3, -0.25) is 14.9 Å². The standard InChI is InChI=1S/C13H15N3O4/c14-8-2-1-3-11(8)20-12-6-9-7(5-13(17)15-9)4-10(12)16(18)19/h4,6,8,11H,1-3,5,14H2,(H,15,17). The molecule has 7 nitrogen and oxygen atoms in total. The van der Waals surface area contributed by atoms with E-state index in [1.165, 1.54) is 12.1 Å². The van der Waals surface area contributed by atoms with Gasteiger partial charge in [-0.25, -0.2) is 0 Å². The molecule has 2 atom stereocenters. The first-order valence-electron chi connectivity index (χ1n) is 6.58. The van der Waals surface area contributed by atoms with E-state index in [0.717, 1.165) is 19.3 Å². The highest BCUT2D eigenvalue weighted by Gasteiger charge is 2.30. The van der Waals surface area contributed by atoms with E-state index in [4.69, 9.17) is 10.5 Å². The number of hydrogen-bond donors (Lipinski definition) is 2. The molecule has 1 fully saturated rings. The second-order valence-corrected chi connectivity index (χ2v) is 5.21. The number of ether oxygens (including phenoxy) is 1. The zero-order valence-corrected chi connectivity index (χ0v) is 10.8. The van der Waals surface area contributed by atoms with Gasteiger partial charge in [0.05, 0.1) is 11.3 Å². The van der Waals surface area contributed by atoms with Gasteiger partial charge in [-0.1, -0.05) is 0 Å². The number of nitro benzene ring substituents is 1. The van der Waals surface area contributed by atoms with E-state index in [1.54, 1.807) is 0 Å². The lowest BCUT2D eigenvalue weighted by molar-refractivity contribution is -0.386. The lowest BCUT2D eigenvalue weighted by atomic mass is 10.1. The van der Waals surface area contributed by atoms with Gasteiger partial charge in [0, 0.05) is 23.9 Å². The van der Waals surface area contributed by atoms with E-state index in [-0.39, 0.29) is 35.9 Å². The van der Waals surface area contributed by atoms with E-state index in [1.807, 2.05) is 0 Å². The second kappa shape index (κ2) is 4.75. The Bertz CT molecular complexity index is 587. The fraction of sp³-hybridized carbons (Fsp3) is 0.462. The van der Waals surface area contributed by atoms with Crippen molar-refractivity contribution in [2.24, 2.45) is 5.73 Å². The molecule has 106 valence electrons. The number of nitrogens with zero attached hydrogens (tertiary/aromatic N) is 1. The topological polar surface area (TPSA) is 107 Å². The molecule has 2 aliphatic rings. The van der Waals surface area contributed by atoms with E-state index in [2.05, 4.69) is 5.32 Å². The highest BCUT2D eigenvalue weighted by Crippen LogP contribution is 2.37. The molecule has 7 heteroatoms. The summed E-state index contributed by atoms with van der Waals surface area (Å²) in [6.07, 6.45) is 2.58. The maximum atomic E-state index is 11.3. The van der Waals surface area contributed by atoms with Crippen LogP contribution in [0.4, 0.5) is 11.4 Å². The Kier molecular flexibility index (Phi) is 3.06. The summed E-state index contributed by atoms with van der Waals surface area (Å²) in [7, 11) is 0. The van der Waals surface area contributed by atoms with Gasteiger partial charge in [0.1, 0.15) is 6.10 Å². The van der Waals surface area contributed by atoms with Crippen molar-refractivity contribution in [3.05, 3.63) is 27.8 Å². The number of carbonyl (C=O) groups is 1. The van der Waals surface area contributed by atoms with Crippen molar-refractivity contribution < 1.29 is 14.5 Å². The number of hydrogen-bond acceptors (Lipinski definition) is 5. The van der Waals surface area contributed by atoms with Crippen LogP contribution in [0.3, 0.4) is 0 Å². The number of nitrogens with two attached hydrogens (primary N) is 1. The summed E-state index contributed by atoms with van der Waals surface area (Å²) in [6, 6.07) is 2.84. The number of benzene rings is 1. The lowest BCUT2D eigenvalue weighted by Gasteiger charge is -2.18. The zero-order valence-electron chi connectivity index (χ0n) is 10.8. The number of carbonyl (C=O) groups excluding carboxylic acids is 1. The van der Waals surface area contributed by atoms with Crippen LogP contribution in [0.2, 0.25) is 0 Å². The van der Waals surface area contributed by atoms with Crippen molar-refractivity contribution >= 4 is 17.3 Å². The van der Waals surface area contributed by atoms with Gasteiger partial charge >= 0.3 is 5.69 Å². The summed E-state index contributed by atoms with van der Waals surface area (Å²) < 4.78 is 5.72. The van der Waals surface area contributed by atoms with Crippen LogP contribution in [0, 0.1) is 10.1 Å². The smallest absolute Gasteiger partial charge is 0.311 e. The van der Waals surface area contributed by atoms with Crippen LogP contribution in [-0.2, 0) is 11.2 Å². The third-order valence-electron chi connectivity index (χ3n) is 3.79. The Morgan fingerprint density at radius 3 is 2.85 bits per heavy atom. The van der Waals surface area contributed by atoms with Crippen LogP contribution in [0.15, 0.2) is 12.1 Å². The number of amides is 1. The second-order valence-electron chi connectivity index (χ2n) is 5.21. The van der Waals surface area contributed by atoms with Gasteiger partial charge in [0.25, 0.3) is 0 Å². The maximum Gasteiger partial charge on any atom is 0.311 e. The fourth-order valence-corrected chi connectivity index (χ4v) is 2.74. The first-order valence-corrected chi connectivity index (χ1v) is 6.58. The molecule has 0 radical (unpaired) electrons.